The first-order valence-corrected chi connectivity index (χ1v) is 6.17. The van der Waals surface area contributed by atoms with E-state index >= 15 is 0 Å². The van der Waals surface area contributed by atoms with Crippen LogP contribution < -0.4 is 5.32 Å². The Kier molecular flexibility index (Phi) is 4.20. The van der Waals surface area contributed by atoms with Gasteiger partial charge in [0.25, 0.3) is 0 Å². The highest BCUT2D eigenvalue weighted by molar-refractivity contribution is 5.86. The smallest absolute Gasteiger partial charge is 0.373 e. The maximum Gasteiger partial charge on any atom is 0.373 e. The Morgan fingerprint density at radius 3 is 3.06 bits per heavy atom. The van der Waals surface area contributed by atoms with Crippen LogP contribution in [0.3, 0.4) is 0 Å². The second-order valence-electron chi connectivity index (χ2n) is 4.52. The van der Waals surface area contributed by atoms with Gasteiger partial charge in [-0.3, -0.25) is 0 Å². The number of methoxy groups -OCH3 is 1. The minimum absolute atomic E-state index is 0.266. The Morgan fingerprint density at radius 1 is 1.53 bits per heavy atom. The molecule has 1 heterocycles. The molecule has 1 aliphatic carbocycles. The van der Waals surface area contributed by atoms with Gasteiger partial charge in [0, 0.05) is 0 Å². The molecule has 1 aliphatic rings. The summed E-state index contributed by atoms with van der Waals surface area (Å²) in [5.41, 5.74) is 0. The maximum atomic E-state index is 11.1. The molecule has 0 aromatic carbocycles. The summed E-state index contributed by atoms with van der Waals surface area (Å²) in [6.45, 7) is 1.67. The molecule has 0 bridgehead atoms. The molecule has 0 amide bonds. The Morgan fingerprint density at radius 2 is 2.35 bits per heavy atom. The highest BCUT2D eigenvalue weighted by atomic mass is 16.5. The van der Waals surface area contributed by atoms with Gasteiger partial charge in [-0.15, -0.1) is 0 Å². The van der Waals surface area contributed by atoms with Crippen LogP contribution in [0.2, 0.25) is 0 Å². The zero-order valence-electron chi connectivity index (χ0n) is 10.2. The third kappa shape index (κ3) is 3.89. The molecule has 0 unspecified atom stereocenters. The number of carbonyl (C=O) groups excluding carboxylic acids is 1. The number of carbonyl (C=O) groups is 1. The minimum Gasteiger partial charge on any atom is -0.463 e. The van der Waals surface area contributed by atoms with Crippen molar-refractivity contribution in [1.82, 2.24) is 5.32 Å². The summed E-state index contributed by atoms with van der Waals surface area (Å²) < 4.78 is 9.91. The zero-order valence-corrected chi connectivity index (χ0v) is 10.2. The molecular formula is C13H19NO3. The van der Waals surface area contributed by atoms with Gasteiger partial charge >= 0.3 is 5.97 Å². The van der Waals surface area contributed by atoms with Crippen molar-refractivity contribution in [2.75, 3.05) is 13.7 Å². The third-order valence-corrected chi connectivity index (χ3v) is 3.01. The van der Waals surface area contributed by atoms with Crippen LogP contribution >= 0.6 is 0 Å². The Labute approximate surface area is 101 Å². The molecule has 0 aliphatic heterocycles. The largest absolute Gasteiger partial charge is 0.463 e. The van der Waals surface area contributed by atoms with Gasteiger partial charge in [-0.2, -0.15) is 0 Å². The average molecular weight is 237 g/mol. The van der Waals surface area contributed by atoms with Crippen molar-refractivity contribution < 1.29 is 13.9 Å². The second kappa shape index (κ2) is 5.87. The van der Waals surface area contributed by atoms with Crippen molar-refractivity contribution >= 4 is 5.97 Å². The lowest BCUT2D eigenvalue weighted by atomic mass is 10.2. The lowest BCUT2D eigenvalue weighted by molar-refractivity contribution is 0.0563. The Hall–Kier alpha value is -1.29. The fourth-order valence-electron chi connectivity index (χ4n) is 1.82. The predicted molar refractivity (Wildman–Crippen MR) is 63.7 cm³/mol. The van der Waals surface area contributed by atoms with Gasteiger partial charge in [0.05, 0.1) is 13.7 Å². The number of furan rings is 1. The van der Waals surface area contributed by atoms with E-state index in [1.165, 1.54) is 32.8 Å². The lowest BCUT2D eigenvalue weighted by Crippen LogP contribution is -2.14. The highest BCUT2D eigenvalue weighted by Gasteiger charge is 2.19. The van der Waals surface area contributed by atoms with Crippen molar-refractivity contribution in [2.45, 2.75) is 32.2 Å². The molecule has 17 heavy (non-hydrogen) atoms. The summed E-state index contributed by atoms with van der Waals surface area (Å²) in [5, 5.41) is 3.31. The van der Waals surface area contributed by atoms with Crippen LogP contribution in [0.1, 0.15) is 42.0 Å². The molecule has 0 radical (unpaired) electrons. The van der Waals surface area contributed by atoms with E-state index in [0.717, 1.165) is 18.2 Å². The number of esters is 1. The first kappa shape index (κ1) is 12.2. The first-order valence-electron chi connectivity index (χ1n) is 6.17. The Bertz CT molecular complexity index is 368. The molecule has 0 atom stereocenters. The molecule has 1 aromatic heterocycles. The number of rotatable bonds is 7. The van der Waals surface area contributed by atoms with Crippen LogP contribution in [0.4, 0.5) is 0 Å². The van der Waals surface area contributed by atoms with Gasteiger partial charge in [-0.05, 0) is 37.4 Å². The van der Waals surface area contributed by atoms with Crippen molar-refractivity contribution in [1.29, 1.82) is 0 Å². The number of ether oxygens (including phenoxy) is 1. The molecular weight excluding hydrogens is 218 g/mol. The number of nitrogens with one attached hydrogen (secondary N) is 1. The monoisotopic (exact) mass is 237 g/mol. The predicted octanol–water partition coefficient (Wildman–Crippen LogP) is 2.35. The molecule has 2 rings (SSSR count). The maximum absolute atomic E-state index is 11.1. The van der Waals surface area contributed by atoms with E-state index in [4.69, 9.17) is 4.42 Å². The molecule has 94 valence electrons. The number of hydrogen-bond donors (Lipinski definition) is 1. The summed E-state index contributed by atoms with van der Waals surface area (Å²) in [6.07, 6.45) is 5.38. The summed E-state index contributed by atoms with van der Waals surface area (Å²) in [5.74, 6) is 1.61. The van der Waals surface area contributed by atoms with Crippen molar-refractivity contribution in [3.8, 4) is 0 Å². The van der Waals surface area contributed by atoms with E-state index < -0.39 is 5.97 Å². The van der Waals surface area contributed by atoms with Gasteiger partial charge in [0.1, 0.15) is 5.76 Å². The molecule has 4 nitrogen and oxygen atoms in total. The zero-order chi connectivity index (χ0) is 12.1. The molecule has 0 saturated heterocycles. The van der Waals surface area contributed by atoms with E-state index in [0.29, 0.717) is 6.54 Å². The van der Waals surface area contributed by atoms with Crippen LogP contribution in [-0.2, 0) is 11.3 Å². The fourth-order valence-corrected chi connectivity index (χ4v) is 1.82. The van der Waals surface area contributed by atoms with Gasteiger partial charge < -0.3 is 14.5 Å². The lowest BCUT2D eigenvalue weighted by Gasteiger charge is -2.01. The van der Waals surface area contributed by atoms with Crippen LogP contribution in [0.25, 0.3) is 0 Å². The molecule has 0 spiro atoms. The van der Waals surface area contributed by atoms with E-state index in [1.807, 2.05) is 0 Å². The van der Waals surface area contributed by atoms with E-state index in [-0.39, 0.29) is 5.76 Å². The molecule has 4 heteroatoms. The summed E-state index contributed by atoms with van der Waals surface area (Å²) in [4.78, 5) is 11.1. The Balaban J connectivity index is 1.64. The summed E-state index contributed by atoms with van der Waals surface area (Å²) in [6, 6.07) is 3.45. The van der Waals surface area contributed by atoms with E-state index in [2.05, 4.69) is 10.1 Å². The summed E-state index contributed by atoms with van der Waals surface area (Å²) in [7, 11) is 1.35. The SMILES string of the molecule is COC(=O)c1ccc(CNCCCC2CC2)o1. The quantitative estimate of drug-likeness (QED) is 0.584. The molecule has 1 saturated carbocycles. The first-order chi connectivity index (χ1) is 8.29. The van der Waals surface area contributed by atoms with Crippen LogP contribution in [0.5, 0.6) is 0 Å². The van der Waals surface area contributed by atoms with Gasteiger partial charge in [-0.1, -0.05) is 12.8 Å². The van der Waals surface area contributed by atoms with E-state index in [9.17, 15) is 4.79 Å². The standard InChI is InChI=1S/C13H19NO3/c1-16-13(15)12-7-6-11(17-12)9-14-8-2-3-10-4-5-10/h6-7,10,14H,2-5,8-9H2,1H3. The van der Waals surface area contributed by atoms with E-state index in [1.54, 1.807) is 12.1 Å². The van der Waals surface area contributed by atoms with Crippen LogP contribution in [0, 0.1) is 5.92 Å². The number of hydrogen-bond acceptors (Lipinski definition) is 4. The van der Waals surface area contributed by atoms with Gasteiger partial charge in [0.15, 0.2) is 0 Å². The molecule has 1 fully saturated rings. The van der Waals surface area contributed by atoms with Crippen molar-refractivity contribution in [2.24, 2.45) is 5.92 Å². The van der Waals surface area contributed by atoms with Gasteiger partial charge in [-0.25, -0.2) is 4.79 Å². The minimum atomic E-state index is -0.426. The molecule has 1 aromatic rings. The van der Waals surface area contributed by atoms with Gasteiger partial charge in [0.2, 0.25) is 5.76 Å². The normalized spacial score (nSPS) is 14.9. The molecule has 1 N–H and O–H groups in total. The van der Waals surface area contributed by atoms with Crippen LogP contribution in [-0.4, -0.2) is 19.6 Å². The average Bonchev–Trinajstić information content (AvgIpc) is 3.05. The van der Waals surface area contributed by atoms with Crippen molar-refractivity contribution in [3.63, 3.8) is 0 Å². The van der Waals surface area contributed by atoms with Crippen LogP contribution in [0.15, 0.2) is 16.5 Å². The second-order valence-corrected chi connectivity index (χ2v) is 4.52. The van der Waals surface area contributed by atoms with Crippen molar-refractivity contribution in [3.05, 3.63) is 23.7 Å². The topological polar surface area (TPSA) is 51.5 Å². The highest BCUT2D eigenvalue weighted by Crippen LogP contribution is 2.33. The fraction of sp³-hybridized carbons (Fsp3) is 0.615. The summed E-state index contributed by atoms with van der Waals surface area (Å²) >= 11 is 0. The third-order valence-electron chi connectivity index (χ3n) is 3.01.